The van der Waals surface area contributed by atoms with Crippen LogP contribution in [0.3, 0.4) is 0 Å². The highest BCUT2D eigenvalue weighted by molar-refractivity contribution is 7.98. The molecule has 0 aliphatic rings. The molecule has 2 unspecified atom stereocenters. The number of alkyl carbamates (subject to hydrolysis) is 1. The first-order chi connectivity index (χ1) is 18.5. The number of amides is 3. The van der Waals surface area contributed by atoms with Crippen molar-refractivity contribution in [2.45, 2.75) is 58.2 Å². The van der Waals surface area contributed by atoms with Gasteiger partial charge in [-0.3, -0.25) is 9.59 Å². The minimum absolute atomic E-state index is 0.0980. The fourth-order valence-corrected chi connectivity index (χ4v) is 4.37. The number of nitrogens with zero attached hydrogens (tertiary/aromatic N) is 1. The van der Waals surface area contributed by atoms with Crippen LogP contribution in [0.25, 0.3) is 0 Å². The molecule has 2 rings (SSSR count). The lowest BCUT2D eigenvalue weighted by Crippen LogP contribution is -2.52. The van der Waals surface area contributed by atoms with Gasteiger partial charge in [-0.05, 0) is 81.0 Å². The number of carbonyl (C=O) groups excluding carboxylic acids is 3. The van der Waals surface area contributed by atoms with Crippen LogP contribution in [0, 0.1) is 0 Å². The third-order valence-electron chi connectivity index (χ3n) is 5.83. The summed E-state index contributed by atoms with van der Waals surface area (Å²) in [6.45, 7) is 11.2. The summed E-state index contributed by atoms with van der Waals surface area (Å²) in [6.07, 6.45) is 4.03. The first-order valence-corrected chi connectivity index (χ1v) is 14.4. The van der Waals surface area contributed by atoms with Gasteiger partial charge in [-0.1, -0.05) is 37.3 Å². The summed E-state index contributed by atoms with van der Waals surface area (Å²) in [5.41, 5.74) is 1.60. The van der Waals surface area contributed by atoms with Crippen molar-refractivity contribution in [2.75, 3.05) is 31.0 Å². The monoisotopic (exact) mass is 555 g/mol. The van der Waals surface area contributed by atoms with Gasteiger partial charge in [0.2, 0.25) is 5.91 Å². The summed E-state index contributed by atoms with van der Waals surface area (Å²) in [5, 5.41) is 5.66. The van der Waals surface area contributed by atoms with E-state index < -0.39 is 29.7 Å². The zero-order valence-corrected chi connectivity index (χ0v) is 24.6. The minimum Gasteiger partial charge on any atom is -0.497 e. The molecule has 2 aromatic rings. The number of hydrogen-bond donors (Lipinski definition) is 2. The molecule has 0 aliphatic heterocycles. The summed E-state index contributed by atoms with van der Waals surface area (Å²) in [5.74, 6) is 0.500. The highest BCUT2D eigenvalue weighted by atomic mass is 32.2. The van der Waals surface area contributed by atoms with Gasteiger partial charge in [0.05, 0.1) is 7.11 Å². The van der Waals surface area contributed by atoms with E-state index in [0.717, 1.165) is 12.0 Å². The van der Waals surface area contributed by atoms with Crippen LogP contribution < -0.4 is 15.4 Å². The third-order valence-corrected chi connectivity index (χ3v) is 6.47. The van der Waals surface area contributed by atoms with E-state index in [1.807, 2.05) is 30.5 Å². The average molecular weight is 556 g/mol. The molecule has 0 aliphatic carbocycles. The van der Waals surface area contributed by atoms with Crippen molar-refractivity contribution >= 4 is 35.4 Å². The quantitative estimate of drug-likeness (QED) is 0.313. The second kappa shape index (κ2) is 15.2. The molecular weight excluding hydrogens is 514 g/mol. The SMILES string of the molecule is C=CCN(C(=O)C(CCSC)NC(=O)OC(C)(C)C)C(C(=O)Nc1ccc(OC)cc1)c1ccc(CC)cc1. The topological polar surface area (TPSA) is 97.0 Å². The Kier molecular flexibility index (Phi) is 12.4. The number of aryl methyl sites for hydroxylation is 1. The van der Waals surface area contributed by atoms with Gasteiger partial charge in [-0.2, -0.15) is 11.8 Å². The van der Waals surface area contributed by atoms with Gasteiger partial charge in [0, 0.05) is 12.2 Å². The van der Waals surface area contributed by atoms with Gasteiger partial charge in [0.15, 0.2) is 0 Å². The summed E-state index contributed by atoms with van der Waals surface area (Å²) < 4.78 is 10.6. The molecule has 0 saturated carbocycles. The maximum atomic E-state index is 14.0. The lowest BCUT2D eigenvalue weighted by atomic mass is 10.00. The minimum atomic E-state index is -0.972. The van der Waals surface area contributed by atoms with E-state index in [-0.39, 0.29) is 12.5 Å². The van der Waals surface area contributed by atoms with Crippen LogP contribution in [-0.4, -0.2) is 60.1 Å². The molecule has 0 bridgehead atoms. The zero-order chi connectivity index (χ0) is 29.0. The molecule has 2 N–H and O–H groups in total. The standard InChI is InChI=1S/C30H41N3O5S/c1-8-19-33(28(35)25(18-20-39-7)32-29(36)38-30(3,4)5)26(22-12-10-21(9-2)11-13-22)27(34)31-23-14-16-24(37-6)17-15-23/h8,10-17,25-26H,1,9,18-20H2,2-7H3,(H,31,34)(H,32,36). The Morgan fingerprint density at radius 2 is 1.72 bits per heavy atom. The Balaban J connectivity index is 2.47. The molecule has 39 heavy (non-hydrogen) atoms. The van der Waals surface area contributed by atoms with Crippen molar-refractivity contribution in [3.63, 3.8) is 0 Å². The van der Waals surface area contributed by atoms with Gasteiger partial charge in [-0.15, -0.1) is 6.58 Å². The second-order valence-corrected chi connectivity index (χ2v) is 11.0. The number of anilines is 1. The number of nitrogens with one attached hydrogen (secondary N) is 2. The predicted octanol–water partition coefficient (Wildman–Crippen LogP) is 5.60. The molecule has 0 spiro atoms. The number of thioether (sulfide) groups is 1. The van der Waals surface area contributed by atoms with Gasteiger partial charge >= 0.3 is 6.09 Å². The van der Waals surface area contributed by atoms with Gasteiger partial charge in [0.25, 0.3) is 5.91 Å². The van der Waals surface area contributed by atoms with E-state index in [4.69, 9.17) is 9.47 Å². The maximum Gasteiger partial charge on any atom is 0.408 e. The molecule has 0 radical (unpaired) electrons. The number of ether oxygens (including phenoxy) is 2. The summed E-state index contributed by atoms with van der Waals surface area (Å²) in [4.78, 5) is 41.9. The lowest BCUT2D eigenvalue weighted by Gasteiger charge is -2.34. The number of carbonyl (C=O) groups is 3. The van der Waals surface area contributed by atoms with E-state index in [9.17, 15) is 14.4 Å². The molecule has 0 saturated heterocycles. The second-order valence-electron chi connectivity index (χ2n) is 9.97. The Morgan fingerprint density at radius 3 is 2.23 bits per heavy atom. The van der Waals surface area contributed by atoms with Crippen LogP contribution >= 0.6 is 11.8 Å². The van der Waals surface area contributed by atoms with E-state index in [0.29, 0.717) is 29.2 Å². The van der Waals surface area contributed by atoms with Crippen molar-refractivity contribution in [1.29, 1.82) is 0 Å². The molecule has 3 amide bonds. The van der Waals surface area contributed by atoms with Gasteiger partial charge in [-0.25, -0.2) is 4.79 Å². The smallest absolute Gasteiger partial charge is 0.408 e. The molecular formula is C30H41N3O5S. The van der Waals surface area contributed by atoms with Gasteiger partial charge in [0.1, 0.15) is 23.4 Å². The van der Waals surface area contributed by atoms with Crippen molar-refractivity contribution in [3.8, 4) is 5.75 Å². The summed E-state index contributed by atoms with van der Waals surface area (Å²) in [7, 11) is 1.57. The zero-order valence-electron chi connectivity index (χ0n) is 23.8. The molecule has 2 atom stereocenters. The van der Waals surface area contributed by atoms with Crippen LogP contribution in [0.5, 0.6) is 5.75 Å². The van der Waals surface area contributed by atoms with Crippen molar-refractivity contribution < 1.29 is 23.9 Å². The van der Waals surface area contributed by atoms with Crippen LogP contribution in [0.4, 0.5) is 10.5 Å². The Bertz CT molecular complexity index is 1100. The highest BCUT2D eigenvalue weighted by Crippen LogP contribution is 2.26. The van der Waals surface area contributed by atoms with Crippen molar-refractivity contribution in [1.82, 2.24) is 10.2 Å². The molecule has 2 aromatic carbocycles. The van der Waals surface area contributed by atoms with Crippen LogP contribution in [-0.2, 0) is 20.7 Å². The van der Waals surface area contributed by atoms with E-state index in [2.05, 4.69) is 24.1 Å². The summed E-state index contributed by atoms with van der Waals surface area (Å²) in [6, 6.07) is 12.7. The molecule has 0 fully saturated rings. The molecule has 212 valence electrons. The van der Waals surface area contributed by atoms with E-state index in [1.165, 1.54) is 4.90 Å². The molecule has 8 nitrogen and oxygen atoms in total. The Labute approximate surface area is 236 Å². The van der Waals surface area contributed by atoms with Gasteiger partial charge < -0.3 is 25.0 Å². The first kappa shape index (κ1) is 31.8. The van der Waals surface area contributed by atoms with E-state index >= 15 is 0 Å². The molecule has 0 aromatic heterocycles. The fourth-order valence-electron chi connectivity index (χ4n) is 3.90. The Hall–Kier alpha value is -3.46. The van der Waals surface area contributed by atoms with Crippen LogP contribution in [0.15, 0.2) is 61.2 Å². The number of benzene rings is 2. The molecule has 9 heteroatoms. The fraction of sp³-hybridized carbons (Fsp3) is 0.433. The van der Waals surface area contributed by atoms with Crippen molar-refractivity contribution in [2.24, 2.45) is 0 Å². The number of rotatable bonds is 13. The maximum absolute atomic E-state index is 14.0. The average Bonchev–Trinajstić information content (AvgIpc) is 2.90. The van der Waals surface area contributed by atoms with Crippen LogP contribution in [0.1, 0.15) is 51.3 Å². The first-order valence-electron chi connectivity index (χ1n) is 13.0. The highest BCUT2D eigenvalue weighted by Gasteiger charge is 2.35. The summed E-state index contributed by atoms with van der Waals surface area (Å²) >= 11 is 1.56. The predicted molar refractivity (Wildman–Crippen MR) is 158 cm³/mol. The molecule has 0 heterocycles. The third kappa shape index (κ3) is 9.98. The lowest BCUT2D eigenvalue weighted by molar-refractivity contribution is -0.140. The van der Waals surface area contributed by atoms with Crippen LogP contribution in [0.2, 0.25) is 0 Å². The number of hydrogen-bond acceptors (Lipinski definition) is 6. The largest absolute Gasteiger partial charge is 0.497 e. The van der Waals surface area contributed by atoms with E-state index in [1.54, 1.807) is 70.0 Å². The normalized spacial score (nSPS) is 12.6. The number of methoxy groups -OCH3 is 1. The Morgan fingerprint density at radius 1 is 1.08 bits per heavy atom. The van der Waals surface area contributed by atoms with Crippen molar-refractivity contribution in [3.05, 3.63) is 72.3 Å².